The fourth-order valence-electron chi connectivity index (χ4n) is 2.62. The van der Waals surface area contributed by atoms with Crippen molar-refractivity contribution in [2.75, 3.05) is 10.0 Å². The van der Waals surface area contributed by atoms with E-state index in [4.69, 9.17) is 0 Å². The minimum Gasteiger partial charge on any atom is -0.340 e. The summed E-state index contributed by atoms with van der Waals surface area (Å²) in [7, 11) is -4.21. The fraction of sp³-hybridized carbons (Fsp3) is 0. The van der Waals surface area contributed by atoms with Gasteiger partial charge in [-0.25, -0.2) is 31.8 Å². The number of sulfonamides is 1. The van der Waals surface area contributed by atoms with E-state index in [1.165, 1.54) is 18.5 Å². The molecule has 0 unspecified atom stereocenters. The Morgan fingerprint density at radius 1 is 0.933 bits per heavy atom. The van der Waals surface area contributed by atoms with Gasteiger partial charge in [0, 0.05) is 35.9 Å². The Kier molecular flexibility index (Phi) is 5.11. The number of halogens is 2. The molecule has 0 saturated carbocycles. The van der Waals surface area contributed by atoms with Gasteiger partial charge < -0.3 is 5.32 Å². The standard InChI is InChI=1S/C19H14F2N6O2S/c20-13-2-7-17(16(21)10-13)30(28,29)26-15-5-3-14(4-6-15)25-18-11-19(23-12-22-18)27-9-1-8-24-27/h1-12,26H,(H,22,23,25). The summed E-state index contributed by atoms with van der Waals surface area (Å²) in [5.74, 6) is -0.944. The number of hydrogen-bond acceptors (Lipinski definition) is 6. The van der Waals surface area contributed by atoms with E-state index in [0.717, 1.165) is 12.1 Å². The van der Waals surface area contributed by atoms with Crippen molar-refractivity contribution in [3.63, 3.8) is 0 Å². The van der Waals surface area contributed by atoms with Crippen LogP contribution in [-0.2, 0) is 10.0 Å². The molecule has 152 valence electrons. The molecule has 0 aliphatic carbocycles. The van der Waals surface area contributed by atoms with Crippen LogP contribution in [0.5, 0.6) is 0 Å². The number of anilines is 3. The number of aromatic nitrogens is 4. The highest BCUT2D eigenvalue weighted by Gasteiger charge is 2.19. The number of nitrogens with zero attached hydrogens (tertiary/aromatic N) is 4. The van der Waals surface area contributed by atoms with E-state index >= 15 is 0 Å². The molecule has 11 heteroatoms. The van der Waals surface area contributed by atoms with E-state index in [-0.39, 0.29) is 5.69 Å². The van der Waals surface area contributed by atoms with Crippen LogP contribution in [0.2, 0.25) is 0 Å². The van der Waals surface area contributed by atoms with Crippen LogP contribution >= 0.6 is 0 Å². The molecule has 4 aromatic rings. The number of nitrogens with one attached hydrogen (secondary N) is 2. The summed E-state index contributed by atoms with van der Waals surface area (Å²) < 4.78 is 55.3. The van der Waals surface area contributed by atoms with Gasteiger partial charge in [0.15, 0.2) is 5.82 Å². The monoisotopic (exact) mass is 428 g/mol. The number of benzene rings is 2. The van der Waals surface area contributed by atoms with Gasteiger partial charge in [-0.05, 0) is 42.5 Å². The maximum absolute atomic E-state index is 13.8. The third-order valence-electron chi connectivity index (χ3n) is 3.98. The van der Waals surface area contributed by atoms with Crippen molar-refractivity contribution in [1.29, 1.82) is 0 Å². The van der Waals surface area contributed by atoms with Gasteiger partial charge in [-0.1, -0.05) is 0 Å². The predicted molar refractivity (Wildman–Crippen MR) is 106 cm³/mol. The van der Waals surface area contributed by atoms with Crippen LogP contribution in [0, 0.1) is 11.6 Å². The van der Waals surface area contributed by atoms with E-state index in [9.17, 15) is 17.2 Å². The molecule has 2 N–H and O–H groups in total. The highest BCUT2D eigenvalue weighted by molar-refractivity contribution is 7.92. The molecule has 0 amide bonds. The zero-order chi connectivity index (χ0) is 21.1. The van der Waals surface area contributed by atoms with Gasteiger partial charge in [0.2, 0.25) is 0 Å². The second-order valence-corrected chi connectivity index (χ2v) is 7.75. The first-order valence-electron chi connectivity index (χ1n) is 8.58. The maximum atomic E-state index is 13.8. The topological polar surface area (TPSA) is 102 Å². The molecular weight excluding hydrogens is 414 g/mol. The molecule has 0 spiro atoms. The van der Waals surface area contributed by atoms with Gasteiger partial charge in [0.05, 0.1) is 0 Å². The van der Waals surface area contributed by atoms with Crippen molar-refractivity contribution in [3.8, 4) is 5.82 Å². The molecule has 0 aliphatic rings. The Bertz CT molecular complexity index is 1280. The lowest BCUT2D eigenvalue weighted by Crippen LogP contribution is -2.14. The van der Waals surface area contributed by atoms with Crippen molar-refractivity contribution in [2.24, 2.45) is 0 Å². The Balaban J connectivity index is 1.49. The summed E-state index contributed by atoms with van der Waals surface area (Å²) in [5, 5.41) is 7.17. The van der Waals surface area contributed by atoms with E-state index in [1.807, 2.05) is 0 Å². The van der Waals surface area contributed by atoms with Crippen LogP contribution in [-0.4, -0.2) is 28.2 Å². The highest BCUT2D eigenvalue weighted by Crippen LogP contribution is 2.22. The number of rotatable bonds is 6. The normalized spacial score (nSPS) is 11.3. The largest absolute Gasteiger partial charge is 0.340 e. The van der Waals surface area contributed by atoms with E-state index in [1.54, 1.807) is 41.3 Å². The molecule has 2 aromatic heterocycles. The van der Waals surface area contributed by atoms with Gasteiger partial charge in [-0.2, -0.15) is 5.10 Å². The summed E-state index contributed by atoms with van der Waals surface area (Å²) in [6, 6.07) is 12.0. The summed E-state index contributed by atoms with van der Waals surface area (Å²) in [6.07, 6.45) is 4.77. The van der Waals surface area contributed by atoms with Gasteiger partial charge >= 0.3 is 0 Å². The molecule has 2 aromatic carbocycles. The molecule has 8 nitrogen and oxygen atoms in total. The van der Waals surface area contributed by atoms with Crippen LogP contribution in [0.3, 0.4) is 0 Å². The van der Waals surface area contributed by atoms with Gasteiger partial charge in [0.25, 0.3) is 10.0 Å². The molecule has 2 heterocycles. The third-order valence-corrected chi connectivity index (χ3v) is 5.40. The lowest BCUT2D eigenvalue weighted by molar-refractivity contribution is 0.551. The van der Waals surface area contributed by atoms with Crippen LogP contribution in [0.1, 0.15) is 0 Å². The molecule has 0 fully saturated rings. The Labute approximate surface area is 170 Å². The molecule has 0 atom stereocenters. The predicted octanol–water partition coefficient (Wildman–Crippen LogP) is 3.48. The van der Waals surface area contributed by atoms with Crippen molar-refractivity contribution < 1.29 is 17.2 Å². The molecule has 0 bridgehead atoms. The molecule has 0 radical (unpaired) electrons. The van der Waals surface area contributed by atoms with Crippen molar-refractivity contribution in [1.82, 2.24) is 19.7 Å². The summed E-state index contributed by atoms with van der Waals surface area (Å²) in [6.45, 7) is 0. The SMILES string of the molecule is O=S(=O)(Nc1ccc(Nc2cc(-n3cccn3)ncn2)cc1)c1ccc(F)cc1F. The first-order valence-corrected chi connectivity index (χ1v) is 10.1. The second kappa shape index (κ2) is 7.87. The lowest BCUT2D eigenvalue weighted by Gasteiger charge is -2.11. The van der Waals surface area contributed by atoms with Crippen molar-refractivity contribution >= 4 is 27.2 Å². The van der Waals surface area contributed by atoms with Crippen LogP contribution in [0.4, 0.5) is 26.0 Å². The van der Waals surface area contributed by atoms with E-state index < -0.39 is 26.6 Å². The second-order valence-electron chi connectivity index (χ2n) is 6.09. The minimum absolute atomic E-state index is 0.212. The summed E-state index contributed by atoms with van der Waals surface area (Å²) >= 11 is 0. The average molecular weight is 428 g/mol. The van der Waals surface area contributed by atoms with Crippen LogP contribution in [0.15, 0.2) is 78.2 Å². The Morgan fingerprint density at radius 2 is 1.70 bits per heavy atom. The highest BCUT2D eigenvalue weighted by atomic mass is 32.2. The van der Waals surface area contributed by atoms with E-state index in [2.05, 4.69) is 25.1 Å². The quantitative estimate of drug-likeness (QED) is 0.488. The molecule has 30 heavy (non-hydrogen) atoms. The first kappa shape index (κ1) is 19.5. The van der Waals surface area contributed by atoms with Gasteiger partial charge in [-0.3, -0.25) is 4.72 Å². The smallest absolute Gasteiger partial charge is 0.264 e. The van der Waals surface area contributed by atoms with Gasteiger partial charge in [0.1, 0.15) is 28.7 Å². The number of hydrogen-bond donors (Lipinski definition) is 2. The third kappa shape index (κ3) is 4.25. The zero-order valence-electron chi connectivity index (χ0n) is 15.2. The molecule has 0 aliphatic heterocycles. The van der Waals surface area contributed by atoms with E-state index in [0.29, 0.717) is 23.4 Å². The Morgan fingerprint density at radius 3 is 2.40 bits per heavy atom. The van der Waals surface area contributed by atoms with Crippen molar-refractivity contribution in [2.45, 2.75) is 4.90 Å². The maximum Gasteiger partial charge on any atom is 0.264 e. The molecule has 4 rings (SSSR count). The Hall–Kier alpha value is -3.86. The average Bonchev–Trinajstić information content (AvgIpc) is 3.24. The van der Waals surface area contributed by atoms with Gasteiger partial charge in [-0.15, -0.1) is 0 Å². The van der Waals surface area contributed by atoms with Crippen LogP contribution < -0.4 is 10.0 Å². The zero-order valence-corrected chi connectivity index (χ0v) is 16.0. The minimum atomic E-state index is -4.21. The van der Waals surface area contributed by atoms with Crippen LogP contribution in [0.25, 0.3) is 5.82 Å². The molecular formula is C19H14F2N6O2S. The first-order chi connectivity index (χ1) is 14.4. The fourth-order valence-corrected chi connectivity index (χ4v) is 3.74. The molecule has 0 saturated heterocycles. The summed E-state index contributed by atoms with van der Waals surface area (Å²) in [5.41, 5.74) is 0.847. The summed E-state index contributed by atoms with van der Waals surface area (Å²) in [4.78, 5) is 7.63. The van der Waals surface area contributed by atoms with Crippen molar-refractivity contribution in [3.05, 3.63) is 85.0 Å². The lowest BCUT2D eigenvalue weighted by atomic mass is 10.3.